The van der Waals surface area contributed by atoms with Crippen molar-refractivity contribution in [2.24, 2.45) is 5.92 Å². The molecule has 2 nitrogen and oxygen atoms in total. The molecule has 4 heteroatoms. The topological polar surface area (TPSA) is 29.1 Å². The second-order valence-electron chi connectivity index (χ2n) is 4.53. The van der Waals surface area contributed by atoms with E-state index in [-0.39, 0.29) is 11.8 Å². The third-order valence-electron chi connectivity index (χ3n) is 3.19. The van der Waals surface area contributed by atoms with Gasteiger partial charge in [-0.1, -0.05) is 36.4 Å². The molecule has 0 aliphatic heterocycles. The summed E-state index contributed by atoms with van der Waals surface area (Å²) in [4.78, 5) is 12.0. The van der Waals surface area contributed by atoms with Crippen LogP contribution in [-0.4, -0.2) is 10.2 Å². The van der Waals surface area contributed by atoms with Gasteiger partial charge in [0.2, 0.25) is 5.91 Å². The molecule has 2 aromatic rings. The normalized spacial score (nSPS) is 20.7. The lowest BCUT2D eigenvalue weighted by Crippen LogP contribution is -2.16. The number of anilines is 1. The van der Waals surface area contributed by atoms with Crippen LogP contribution in [0.3, 0.4) is 0 Å². The molecule has 1 saturated carbocycles. The second-order valence-corrected chi connectivity index (χ2v) is 6.08. The standard InChI is InChI=1S/C14H11Cl2NO/c15-14(16)8-11(14)13(18)17-12-7-3-5-9-4-1-2-6-10(9)12/h1-7,11H,8H2,(H,17,18)/t11-/m1/s1. The van der Waals surface area contributed by atoms with E-state index in [9.17, 15) is 4.79 Å². The summed E-state index contributed by atoms with van der Waals surface area (Å²) >= 11 is 11.8. The molecule has 0 radical (unpaired) electrons. The van der Waals surface area contributed by atoms with Crippen molar-refractivity contribution in [3.05, 3.63) is 42.5 Å². The van der Waals surface area contributed by atoms with Crippen LogP contribution in [0.15, 0.2) is 42.5 Å². The van der Waals surface area contributed by atoms with Gasteiger partial charge in [0.25, 0.3) is 0 Å². The highest BCUT2D eigenvalue weighted by Crippen LogP contribution is 2.53. The molecule has 0 bridgehead atoms. The molecule has 0 saturated heterocycles. The van der Waals surface area contributed by atoms with E-state index in [4.69, 9.17) is 23.2 Å². The van der Waals surface area contributed by atoms with Crippen molar-refractivity contribution >= 4 is 45.6 Å². The van der Waals surface area contributed by atoms with Crippen LogP contribution in [0.25, 0.3) is 10.8 Å². The SMILES string of the molecule is O=C(Nc1cccc2ccccc12)[C@H]1CC1(Cl)Cl. The fourth-order valence-electron chi connectivity index (χ4n) is 2.05. The Bertz CT molecular complexity index is 619. The molecule has 0 unspecified atom stereocenters. The Balaban J connectivity index is 1.89. The fourth-order valence-corrected chi connectivity index (χ4v) is 2.56. The molecule has 18 heavy (non-hydrogen) atoms. The summed E-state index contributed by atoms with van der Waals surface area (Å²) in [5.74, 6) is -0.420. The van der Waals surface area contributed by atoms with Crippen LogP contribution in [-0.2, 0) is 4.79 Å². The summed E-state index contributed by atoms with van der Waals surface area (Å²) < 4.78 is -0.880. The lowest BCUT2D eigenvalue weighted by atomic mass is 10.1. The van der Waals surface area contributed by atoms with Crippen molar-refractivity contribution in [3.63, 3.8) is 0 Å². The molecule has 1 fully saturated rings. The first-order chi connectivity index (χ1) is 8.58. The smallest absolute Gasteiger partial charge is 0.230 e. The van der Waals surface area contributed by atoms with E-state index in [0.29, 0.717) is 6.42 Å². The third kappa shape index (κ3) is 2.06. The maximum absolute atomic E-state index is 12.0. The van der Waals surface area contributed by atoms with E-state index < -0.39 is 4.33 Å². The zero-order valence-electron chi connectivity index (χ0n) is 9.49. The van der Waals surface area contributed by atoms with Crippen LogP contribution in [0.4, 0.5) is 5.69 Å². The molecular weight excluding hydrogens is 269 g/mol. The van der Waals surface area contributed by atoms with Crippen molar-refractivity contribution in [2.75, 3.05) is 5.32 Å². The molecule has 1 N–H and O–H groups in total. The van der Waals surface area contributed by atoms with E-state index >= 15 is 0 Å². The van der Waals surface area contributed by atoms with Gasteiger partial charge in [0.15, 0.2) is 0 Å². The minimum absolute atomic E-state index is 0.114. The minimum Gasteiger partial charge on any atom is -0.325 e. The predicted molar refractivity (Wildman–Crippen MR) is 75.1 cm³/mol. The zero-order chi connectivity index (χ0) is 12.8. The number of benzene rings is 2. The fraction of sp³-hybridized carbons (Fsp3) is 0.214. The van der Waals surface area contributed by atoms with Crippen molar-refractivity contribution in [1.29, 1.82) is 0 Å². The molecule has 1 aliphatic carbocycles. The Morgan fingerprint density at radius 2 is 1.83 bits per heavy atom. The van der Waals surface area contributed by atoms with E-state index in [1.165, 1.54) is 0 Å². The molecule has 1 atom stereocenters. The molecular formula is C14H11Cl2NO. The van der Waals surface area contributed by atoms with Gasteiger partial charge < -0.3 is 5.32 Å². The number of rotatable bonds is 2. The molecule has 0 heterocycles. The van der Waals surface area contributed by atoms with Crippen molar-refractivity contribution < 1.29 is 4.79 Å². The predicted octanol–water partition coefficient (Wildman–Crippen LogP) is 3.97. The van der Waals surface area contributed by atoms with Crippen molar-refractivity contribution in [1.82, 2.24) is 0 Å². The average Bonchev–Trinajstić information content (AvgIpc) is 2.99. The molecule has 92 valence electrons. The van der Waals surface area contributed by atoms with Crippen LogP contribution < -0.4 is 5.32 Å². The zero-order valence-corrected chi connectivity index (χ0v) is 11.0. The summed E-state index contributed by atoms with van der Waals surface area (Å²) in [6.45, 7) is 0. The Labute approximate surface area is 115 Å². The van der Waals surface area contributed by atoms with Gasteiger partial charge in [-0.3, -0.25) is 4.79 Å². The maximum atomic E-state index is 12.0. The number of hydrogen-bond donors (Lipinski definition) is 1. The number of hydrogen-bond acceptors (Lipinski definition) is 1. The van der Waals surface area contributed by atoms with Crippen LogP contribution >= 0.6 is 23.2 Å². The average molecular weight is 280 g/mol. The quantitative estimate of drug-likeness (QED) is 0.828. The summed E-state index contributed by atoms with van der Waals surface area (Å²) in [6.07, 6.45) is 0.521. The lowest BCUT2D eigenvalue weighted by Gasteiger charge is -2.08. The Kier molecular flexibility index (Phi) is 2.72. The highest BCUT2D eigenvalue weighted by Gasteiger charge is 2.56. The van der Waals surface area contributed by atoms with Crippen LogP contribution in [0.2, 0.25) is 0 Å². The number of halogens is 2. The molecule has 1 amide bonds. The Morgan fingerprint density at radius 3 is 2.56 bits per heavy atom. The van der Waals surface area contributed by atoms with Crippen LogP contribution in [0.5, 0.6) is 0 Å². The van der Waals surface area contributed by atoms with Gasteiger partial charge in [0.05, 0.1) is 5.92 Å². The van der Waals surface area contributed by atoms with Crippen molar-refractivity contribution in [3.8, 4) is 0 Å². The first-order valence-corrected chi connectivity index (χ1v) is 6.50. The van der Waals surface area contributed by atoms with Gasteiger partial charge in [0, 0.05) is 11.1 Å². The number of amides is 1. The molecule has 2 aromatic carbocycles. The highest BCUT2D eigenvalue weighted by molar-refractivity contribution is 6.52. The van der Waals surface area contributed by atoms with Gasteiger partial charge in [-0.05, 0) is 17.9 Å². The van der Waals surface area contributed by atoms with E-state index in [0.717, 1.165) is 16.5 Å². The second kappa shape index (κ2) is 4.15. The van der Waals surface area contributed by atoms with E-state index in [1.807, 2.05) is 42.5 Å². The van der Waals surface area contributed by atoms with Gasteiger partial charge >= 0.3 is 0 Å². The molecule has 1 aliphatic rings. The monoisotopic (exact) mass is 279 g/mol. The first-order valence-electron chi connectivity index (χ1n) is 5.74. The molecule has 0 aromatic heterocycles. The van der Waals surface area contributed by atoms with Gasteiger partial charge in [-0.15, -0.1) is 23.2 Å². The number of nitrogens with one attached hydrogen (secondary N) is 1. The highest BCUT2D eigenvalue weighted by atomic mass is 35.5. The van der Waals surface area contributed by atoms with Gasteiger partial charge in [-0.2, -0.15) is 0 Å². The van der Waals surface area contributed by atoms with Gasteiger partial charge in [0.1, 0.15) is 4.33 Å². The Morgan fingerprint density at radius 1 is 1.17 bits per heavy atom. The molecule has 0 spiro atoms. The first kappa shape index (κ1) is 11.8. The lowest BCUT2D eigenvalue weighted by molar-refractivity contribution is -0.117. The number of carbonyl (C=O) groups is 1. The minimum atomic E-state index is -0.880. The largest absolute Gasteiger partial charge is 0.325 e. The summed E-state index contributed by atoms with van der Waals surface area (Å²) in [5, 5.41) is 5.00. The third-order valence-corrected chi connectivity index (χ3v) is 4.03. The van der Waals surface area contributed by atoms with Crippen LogP contribution in [0, 0.1) is 5.92 Å². The van der Waals surface area contributed by atoms with Crippen molar-refractivity contribution in [2.45, 2.75) is 10.8 Å². The molecule has 3 rings (SSSR count). The maximum Gasteiger partial charge on any atom is 0.230 e. The number of carbonyl (C=O) groups excluding carboxylic acids is 1. The van der Waals surface area contributed by atoms with E-state index in [1.54, 1.807) is 0 Å². The summed E-state index contributed by atoms with van der Waals surface area (Å²) in [6, 6.07) is 13.7. The van der Waals surface area contributed by atoms with Crippen LogP contribution in [0.1, 0.15) is 6.42 Å². The van der Waals surface area contributed by atoms with Gasteiger partial charge in [-0.25, -0.2) is 0 Å². The number of fused-ring (bicyclic) bond motifs is 1. The summed E-state index contributed by atoms with van der Waals surface area (Å²) in [5.41, 5.74) is 0.800. The Hall–Kier alpha value is -1.25. The summed E-state index contributed by atoms with van der Waals surface area (Å²) in [7, 11) is 0. The van der Waals surface area contributed by atoms with E-state index in [2.05, 4.69) is 5.32 Å². The number of alkyl halides is 2.